The number of aryl methyl sites for hydroxylation is 1. The summed E-state index contributed by atoms with van der Waals surface area (Å²) in [5.41, 5.74) is 5.26. The molecule has 1 aliphatic heterocycles. The van der Waals surface area contributed by atoms with Crippen molar-refractivity contribution in [2.45, 2.75) is 64.2 Å². The van der Waals surface area contributed by atoms with Crippen molar-refractivity contribution in [3.8, 4) is 11.8 Å². The normalized spacial score (nSPS) is 14.7. The number of aromatic nitrogens is 1. The fourth-order valence-electron chi connectivity index (χ4n) is 4.90. The first kappa shape index (κ1) is 28.3. The van der Waals surface area contributed by atoms with Crippen LogP contribution in [0.25, 0.3) is 10.9 Å². The molecule has 0 unspecified atom stereocenters. The molecule has 0 saturated heterocycles. The molecule has 0 spiro atoms. The number of oxime groups is 1. The zero-order chi connectivity index (χ0) is 24.3. The molecule has 196 valence electrons. The first-order valence-electron chi connectivity index (χ1n) is 13.4. The number of pyridine rings is 1. The number of nitrogens with one attached hydrogen (secondary N) is 1. The van der Waals surface area contributed by atoms with E-state index in [1.54, 1.807) is 0 Å². The molecule has 2 aromatic rings. The fraction of sp³-hybridized carbons (Fsp3) is 0.586. The summed E-state index contributed by atoms with van der Waals surface area (Å²) in [5, 5.41) is 8.90. The largest absolute Gasteiger partial charge is 1.00 e. The number of quaternary nitrogens is 1. The van der Waals surface area contributed by atoms with Gasteiger partial charge in [0, 0.05) is 23.3 Å². The highest BCUT2D eigenvalue weighted by atomic mass is 79.9. The van der Waals surface area contributed by atoms with Gasteiger partial charge in [-0.05, 0) is 62.5 Å². The van der Waals surface area contributed by atoms with Crippen molar-refractivity contribution >= 4 is 22.5 Å². The van der Waals surface area contributed by atoms with Crippen LogP contribution in [0.4, 0.5) is 5.69 Å². The van der Waals surface area contributed by atoms with Crippen LogP contribution in [0.3, 0.4) is 0 Å². The number of para-hydroxylation sites is 1. The van der Waals surface area contributed by atoms with Crippen LogP contribution in [0.15, 0.2) is 29.4 Å². The predicted octanol–water partition coefficient (Wildman–Crippen LogP) is 2.31. The van der Waals surface area contributed by atoms with Gasteiger partial charge in [-0.2, -0.15) is 0 Å². The Morgan fingerprint density at radius 1 is 1.00 bits per heavy atom. The second-order valence-corrected chi connectivity index (χ2v) is 10.4. The molecule has 7 heteroatoms. The lowest BCUT2D eigenvalue weighted by molar-refractivity contribution is -0.883. The van der Waals surface area contributed by atoms with Crippen LogP contribution in [-0.4, -0.2) is 62.3 Å². The summed E-state index contributed by atoms with van der Waals surface area (Å²) in [6.07, 6.45) is 11.9. The topological polar surface area (TPSA) is 55.7 Å². The van der Waals surface area contributed by atoms with E-state index in [0.717, 1.165) is 48.9 Å². The Kier molecular flexibility index (Phi) is 11.3. The lowest BCUT2D eigenvalue weighted by Crippen LogP contribution is -3.00. The van der Waals surface area contributed by atoms with Crippen LogP contribution in [0.1, 0.15) is 62.6 Å². The third-order valence-electron chi connectivity index (χ3n) is 6.93. The van der Waals surface area contributed by atoms with E-state index in [4.69, 9.17) is 14.6 Å². The number of hydrogen-bond donors (Lipinski definition) is 1. The van der Waals surface area contributed by atoms with Crippen molar-refractivity contribution in [1.29, 1.82) is 0 Å². The molecule has 36 heavy (non-hydrogen) atoms. The third-order valence-corrected chi connectivity index (χ3v) is 6.93. The standard InChI is InChI=1S/C29H41N4O2.BrH/c1-33(2,21-12-13-22-34-28-18-23-35-32-28)20-11-5-3-4-10-19-30-29-24-14-6-8-16-26(24)31-27-17-9-7-15-25(27)29;/h6,8,14,16H,3-5,7,9-11,15,17-23H2,1-2H3,(H,30,31);1H/q+1;/p-1. The molecule has 4 rings (SSSR count). The Balaban J connectivity index is 0.00000361. The van der Waals surface area contributed by atoms with Gasteiger partial charge < -0.3 is 36.4 Å². The maximum atomic E-state index is 5.48. The van der Waals surface area contributed by atoms with Gasteiger partial charge in [0.25, 0.3) is 0 Å². The van der Waals surface area contributed by atoms with E-state index >= 15 is 0 Å². The van der Waals surface area contributed by atoms with Gasteiger partial charge in [-0.15, -0.1) is 0 Å². The zero-order valence-electron chi connectivity index (χ0n) is 22.0. The summed E-state index contributed by atoms with van der Waals surface area (Å²) in [6.45, 7) is 4.06. The summed E-state index contributed by atoms with van der Waals surface area (Å²) >= 11 is 0. The van der Waals surface area contributed by atoms with E-state index in [0.29, 0.717) is 19.1 Å². The van der Waals surface area contributed by atoms with E-state index in [9.17, 15) is 0 Å². The second kappa shape index (κ2) is 14.4. The van der Waals surface area contributed by atoms with Gasteiger partial charge in [-0.25, -0.2) is 0 Å². The molecule has 0 radical (unpaired) electrons. The summed E-state index contributed by atoms with van der Waals surface area (Å²) in [6, 6.07) is 8.59. The number of benzene rings is 1. The average Bonchev–Trinajstić information content (AvgIpc) is 3.38. The molecule has 0 bridgehead atoms. The quantitative estimate of drug-likeness (QED) is 0.262. The molecule has 0 amide bonds. The molecule has 1 aliphatic carbocycles. The lowest BCUT2D eigenvalue weighted by atomic mass is 9.92. The van der Waals surface area contributed by atoms with Crippen molar-refractivity contribution in [1.82, 2.24) is 4.98 Å². The monoisotopic (exact) mass is 556 g/mol. The molecule has 0 fully saturated rings. The Morgan fingerprint density at radius 2 is 1.81 bits per heavy atom. The van der Waals surface area contributed by atoms with Crippen LogP contribution in [0.5, 0.6) is 0 Å². The van der Waals surface area contributed by atoms with Crippen LogP contribution < -0.4 is 22.3 Å². The third kappa shape index (κ3) is 8.38. The zero-order valence-corrected chi connectivity index (χ0v) is 23.5. The number of anilines is 1. The summed E-state index contributed by atoms with van der Waals surface area (Å²) in [5.74, 6) is 7.02. The minimum absolute atomic E-state index is 0. The van der Waals surface area contributed by atoms with Gasteiger partial charge in [0.15, 0.2) is 6.61 Å². The second-order valence-electron chi connectivity index (χ2n) is 10.4. The van der Waals surface area contributed by atoms with Gasteiger partial charge >= 0.3 is 0 Å². The lowest BCUT2D eigenvalue weighted by Gasteiger charge is -2.27. The first-order valence-corrected chi connectivity index (χ1v) is 13.4. The van der Waals surface area contributed by atoms with Gasteiger partial charge in [-0.3, -0.25) is 4.98 Å². The molecule has 1 aromatic carbocycles. The Labute approximate surface area is 227 Å². The van der Waals surface area contributed by atoms with Gasteiger partial charge in [-0.1, -0.05) is 42.1 Å². The molecular weight excluding hydrogens is 516 g/mol. The molecule has 2 aliphatic rings. The van der Waals surface area contributed by atoms with E-state index in [1.165, 1.54) is 67.3 Å². The number of halogens is 1. The minimum atomic E-state index is 0. The molecule has 2 heterocycles. The summed E-state index contributed by atoms with van der Waals surface area (Å²) in [7, 11) is 4.52. The van der Waals surface area contributed by atoms with Crippen molar-refractivity contribution < 1.29 is 31.0 Å². The average molecular weight is 558 g/mol. The highest BCUT2D eigenvalue weighted by Gasteiger charge is 2.18. The number of hydrogen-bond acceptors (Lipinski definition) is 5. The van der Waals surface area contributed by atoms with Crippen LogP contribution in [-0.2, 0) is 22.4 Å². The Bertz CT molecular complexity index is 1070. The van der Waals surface area contributed by atoms with Crippen molar-refractivity contribution in [3.63, 3.8) is 0 Å². The molecular formula is C29H41BrN4O2. The fourth-order valence-corrected chi connectivity index (χ4v) is 4.90. The van der Waals surface area contributed by atoms with Crippen LogP contribution >= 0.6 is 0 Å². The maximum absolute atomic E-state index is 5.48. The van der Waals surface area contributed by atoms with Crippen molar-refractivity contribution in [2.75, 3.05) is 52.3 Å². The number of fused-ring (bicyclic) bond motifs is 2. The molecule has 6 nitrogen and oxygen atoms in total. The maximum Gasteiger partial charge on any atom is 0.230 e. The first-order chi connectivity index (χ1) is 17.1. The van der Waals surface area contributed by atoms with Crippen LogP contribution in [0, 0.1) is 11.8 Å². The van der Waals surface area contributed by atoms with Gasteiger partial charge in [0.1, 0.15) is 13.2 Å². The summed E-state index contributed by atoms with van der Waals surface area (Å²) in [4.78, 5) is 9.87. The Morgan fingerprint density at radius 3 is 2.67 bits per heavy atom. The smallest absolute Gasteiger partial charge is 0.230 e. The van der Waals surface area contributed by atoms with E-state index in [-0.39, 0.29) is 17.0 Å². The number of nitrogens with zero attached hydrogens (tertiary/aromatic N) is 3. The van der Waals surface area contributed by atoms with E-state index in [1.807, 2.05) is 0 Å². The van der Waals surface area contributed by atoms with Crippen molar-refractivity contribution in [2.24, 2.45) is 5.16 Å². The summed E-state index contributed by atoms with van der Waals surface area (Å²) < 4.78 is 6.41. The molecule has 0 saturated carbocycles. The van der Waals surface area contributed by atoms with E-state index in [2.05, 4.69) is 60.7 Å². The highest BCUT2D eigenvalue weighted by molar-refractivity contribution is 5.93. The highest BCUT2D eigenvalue weighted by Crippen LogP contribution is 2.33. The molecule has 1 aromatic heterocycles. The van der Waals surface area contributed by atoms with Crippen molar-refractivity contribution in [3.05, 3.63) is 35.5 Å². The number of ether oxygens (including phenoxy) is 1. The molecule has 1 N–H and O–H groups in total. The van der Waals surface area contributed by atoms with Gasteiger partial charge in [0.2, 0.25) is 5.90 Å². The van der Waals surface area contributed by atoms with Crippen LogP contribution in [0.2, 0.25) is 0 Å². The minimum Gasteiger partial charge on any atom is -1.00 e. The van der Waals surface area contributed by atoms with Gasteiger partial charge in [0.05, 0.1) is 32.6 Å². The molecule has 0 atom stereocenters. The predicted molar refractivity (Wildman–Crippen MR) is 144 cm³/mol. The number of rotatable bonds is 11. The number of unbranched alkanes of at least 4 members (excludes halogenated alkanes) is 4. The van der Waals surface area contributed by atoms with E-state index < -0.39 is 0 Å². The SMILES string of the molecule is C[N+](C)(CC#CCOC1=NOCC1)CCCCCCCNc1c2c(nc3ccccc13)CCCC2.[Br-]. The Hall–Kier alpha value is -2.30.